The van der Waals surface area contributed by atoms with Crippen LogP contribution in [-0.2, 0) is 11.2 Å². The van der Waals surface area contributed by atoms with E-state index < -0.39 is 0 Å². The third-order valence-corrected chi connectivity index (χ3v) is 4.27. The van der Waals surface area contributed by atoms with Crippen molar-refractivity contribution < 1.29 is 13.6 Å². The zero-order chi connectivity index (χ0) is 17.6. The summed E-state index contributed by atoms with van der Waals surface area (Å²) in [6, 6.07) is 13.6. The monoisotopic (exact) mass is 357 g/mol. The second-order valence-corrected chi connectivity index (χ2v) is 6.20. The van der Waals surface area contributed by atoms with Crippen LogP contribution in [0, 0.1) is 5.82 Å². The Morgan fingerprint density at radius 2 is 2.00 bits per heavy atom. The summed E-state index contributed by atoms with van der Waals surface area (Å²) in [6.07, 6.45) is 0.953. The minimum absolute atomic E-state index is 0.139. The molecule has 0 spiro atoms. The average Bonchev–Trinajstić information content (AvgIpc) is 3.10. The number of nitrogens with zero attached hydrogens (tertiary/aromatic N) is 2. The fourth-order valence-electron chi connectivity index (χ4n) is 2.15. The number of halogens is 1. The lowest BCUT2D eigenvalue weighted by Crippen LogP contribution is -2.13. The molecule has 0 aliphatic rings. The number of aryl methyl sites for hydroxylation is 1. The van der Waals surface area contributed by atoms with E-state index in [0.29, 0.717) is 5.56 Å². The first-order valence-electron chi connectivity index (χ1n) is 7.75. The molecule has 1 aromatic heterocycles. The quantitative estimate of drug-likeness (QED) is 0.671. The van der Waals surface area contributed by atoms with Crippen molar-refractivity contribution in [2.45, 2.75) is 18.6 Å². The molecule has 2 aromatic carbocycles. The molecule has 0 bridgehead atoms. The number of hydrogen-bond donors (Lipinski definition) is 1. The van der Waals surface area contributed by atoms with E-state index in [1.54, 1.807) is 12.1 Å². The van der Waals surface area contributed by atoms with Crippen LogP contribution in [0.4, 0.5) is 10.1 Å². The summed E-state index contributed by atoms with van der Waals surface area (Å²) in [6.45, 7) is 2.08. The van der Waals surface area contributed by atoms with Crippen LogP contribution in [0.25, 0.3) is 11.5 Å². The third-order valence-electron chi connectivity index (χ3n) is 3.45. The van der Waals surface area contributed by atoms with Gasteiger partial charge in [0.15, 0.2) is 0 Å². The summed E-state index contributed by atoms with van der Waals surface area (Å²) < 4.78 is 18.7. The van der Waals surface area contributed by atoms with Gasteiger partial charge in [0.25, 0.3) is 5.22 Å². The van der Waals surface area contributed by atoms with Gasteiger partial charge in [0.2, 0.25) is 11.8 Å². The van der Waals surface area contributed by atoms with Gasteiger partial charge in [0, 0.05) is 11.3 Å². The van der Waals surface area contributed by atoms with Crippen molar-refractivity contribution in [3.8, 4) is 11.5 Å². The van der Waals surface area contributed by atoms with Gasteiger partial charge in [0.1, 0.15) is 5.82 Å². The minimum Gasteiger partial charge on any atom is -0.411 e. The molecule has 0 atom stereocenters. The highest BCUT2D eigenvalue weighted by Gasteiger charge is 2.12. The molecule has 5 nitrogen and oxygen atoms in total. The Morgan fingerprint density at radius 1 is 1.20 bits per heavy atom. The molecule has 0 aliphatic heterocycles. The number of carbonyl (C=O) groups is 1. The smallest absolute Gasteiger partial charge is 0.277 e. The highest BCUT2D eigenvalue weighted by molar-refractivity contribution is 7.99. The molecule has 0 aliphatic carbocycles. The molecule has 0 unspecified atom stereocenters. The topological polar surface area (TPSA) is 68.0 Å². The van der Waals surface area contributed by atoms with Crippen molar-refractivity contribution in [2.75, 3.05) is 11.1 Å². The number of rotatable bonds is 6. The van der Waals surface area contributed by atoms with Gasteiger partial charge in [-0.15, -0.1) is 10.2 Å². The third kappa shape index (κ3) is 4.67. The van der Waals surface area contributed by atoms with Gasteiger partial charge in [-0.1, -0.05) is 36.9 Å². The Labute approximate surface area is 148 Å². The molecule has 0 saturated carbocycles. The van der Waals surface area contributed by atoms with E-state index in [9.17, 15) is 9.18 Å². The van der Waals surface area contributed by atoms with Crippen molar-refractivity contribution in [3.63, 3.8) is 0 Å². The lowest BCUT2D eigenvalue weighted by Gasteiger charge is -2.04. The first-order valence-corrected chi connectivity index (χ1v) is 8.73. The molecule has 128 valence electrons. The number of hydrogen-bond acceptors (Lipinski definition) is 5. The molecule has 0 fully saturated rings. The number of benzene rings is 2. The number of nitrogens with one attached hydrogen (secondary N) is 1. The van der Waals surface area contributed by atoms with Crippen LogP contribution in [0.3, 0.4) is 0 Å². The largest absolute Gasteiger partial charge is 0.411 e. The van der Waals surface area contributed by atoms with Gasteiger partial charge in [0.05, 0.1) is 5.75 Å². The van der Waals surface area contributed by atoms with Gasteiger partial charge in [-0.25, -0.2) is 4.39 Å². The predicted octanol–water partition coefficient (Wildman–Crippen LogP) is 4.17. The Hall–Kier alpha value is -2.67. The predicted molar refractivity (Wildman–Crippen MR) is 94.9 cm³/mol. The zero-order valence-electron chi connectivity index (χ0n) is 13.5. The van der Waals surface area contributed by atoms with Gasteiger partial charge in [-0.05, 0) is 42.3 Å². The molecule has 1 N–H and O–H groups in total. The van der Waals surface area contributed by atoms with Crippen molar-refractivity contribution in [1.29, 1.82) is 0 Å². The lowest BCUT2D eigenvalue weighted by atomic mass is 10.1. The Morgan fingerprint density at radius 3 is 2.72 bits per heavy atom. The number of amides is 1. The van der Waals surface area contributed by atoms with E-state index in [0.717, 1.165) is 23.9 Å². The Balaban J connectivity index is 1.55. The van der Waals surface area contributed by atoms with Gasteiger partial charge < -0.3 is 9.73 Å². The number of aromatic nitrogens is 2. The van der Waals surface area contributed by atoms with E-state index in [4.69, 9.17) is 4.42 Å². The van der Waals surface area contributed by atoms with Crippen LogP contribution in [0.2, 0.25) is 0 Å². The van der Waals surface area contributed by atoms with Crippen LogP contribution < -0.4 is 5.32 Å². The Kier molecular flexibility index (Phi) is 5.45. The van der Waals surface area contributed by atoms with Crippen molar-refractivity contribution in [1.82, 2.24) is 10.2 Å². The van der Waals surface area contributed by atoms with Crippen LogP contribution >= 0.6 is 11.8 Å². The van der Waals surface area contributed by atoms with Crippen LogP contribution in [0.5, 0.6) is 0 Å². The number of anilines is 1. The van der Waals surface area contributed by atoms with Crippen molar-refractivity contribution in [2.24, 2.45) is 0 Å². The summed E-state index contributed by atoms with van der Waals surface area (Å²) in [5.74, 6) is -0.184. The normalized spacial score (nSPS) is 10.6. The average molecular weight is 357 g/mol. The van der Waals surface area contributed by atoms with E-state index in [1.165, 1.54) is 17.7 Å². The molecule has 3 rings (SSSR count). The maximum absolute atomic E-state index is 13.2. The lowest BCUT2D eigenvalue weighted by molar-refractivity contribution is -0.113. The fourth-order valence-corrected chi connectivity index (χ4v) is 2.72. The molecular formula is C18H16FN3O2S. The fraction of sp³-hybridized carbons (Fsp3) is 0.167. The summed E-state index contributed by atoms with van der Waals surface area (Å²) >= 11 is 1.13. The molecular weight excluding hydrogens is 341 g/mol. The van der Waals surface area contributed by atoms with E-state index in [2.05, 4.69) is 22.4 Å². The molecule has 25 heavy (non-hydrogen) atoms. The number of thioether (sulfide) groups is 1. The highest BCUT2D eigenvalue weighted by Crippen LogP contribution is 2.23. The first kappa shape index (κ1) is 17.2. The second-order valence-electron chi connectivity index (χ2n) is 5.27. The van der Waals surface area contributed by atoms with E-state index in [1.807, 2.05) is 24.3 Å². The maximum atomic E-state index is 13.2. The van der Waals surface area contributed by atoms with Crippen LogP contribution in [-0.4, -0.2) is 21.9 Å². The van der Waals surface area contributed by atoms with Gasteiger partial charge >= 0.3 is 0 Å². The molecule has 0 saturated heterocycles. The van der Waals surface area contributed by atoms with Gasteiger partial charge in [-0.2, -0.15) is 0 Å². The van der Waals surface area contributed by atoms with Crippen molar-refractivity contribution >= 4 is 23.4 Å². The summed E-state index contributed by atoms with van der Waals surface area (Å²) in [5, 5.41) is 10.8. The SMILES string of the molecule is CCc1ccc(NC(=O)CSc2nnc(-c3cccc(F)c3)o2)cc1. The zero-order valence-corrected chi connectivity index (χ0v) is 14.3. The maximum Gasteiger partial charge on any atom is 0.277 e. The second kappa shape index (κ2) is 7.94. The molecule has 1 heterocycles. The molecule has 7 heteroatoms. The van der Waals surface area contributed by atoms with Crippen LogP contribution in [0.1, 0.15) is 12.5 Å². The van der Waals surface area contributed by atoms with E-state index >= 15 is 0 Å². The summed E-state index contributed by atoms with van der Waals surface area (Å²) in [4.78, 5) is 12.0. The molecule has 0 radical (unpaired) electrons. The number of carbonyl (C=O) groups excluding carboxylic acids is 1. The first-order chi connectivity index (χ1) is 12.1. The Bertz CT molecular complexity index is 865. The molecule has 1 amide bonds. The summed E-state index contributed by atoms with van der Waals surface area (Å²) in [7, 11) is 0. The van der Waals surface area contributed by atoms with Crippen LogP contribution in [0.15, 0.2) is 58.2 Å². The molecule has 3 aromatic rings. The minimum atomic E-state index is -0.377. The summed E-state index contributed by atoms with van der Waals surface area (Å²) in [5.41, 5.74) is 2.46. The van der Waals surface area contributed by atoms with Gasteiger partial charge in [-0.3, -0.25) is 4.79 Å². The highest BCUT2D eigenvalue weighted by atomic mass is 32.2. The van der Waals surface area contributed by atoms with E-state index in [-0.39, 0.29) is 28.6 Å². The standard InChI is InChI=1S/C18H16FN3O2S/c1-2-12-6-8-15(9-7-12)20-16(23)11-25-18-22-21-17(24-18)13-4-3-5-14(19)10-13/h3-10H,2,11H2,1H3,(H,20,23). The van der Waals surface area contributed by atoms with Crippen molar-refractivity contribution in [3.05, 3.63) is 59.9 Å².